The molecule has 0 spiro atoms. The Morgan fingerprint density at radius 2 is 1.87 bits per heavy atom. The summed E-state index contributed by atoms with van der Waals surface area (Å²) in [6, 6.07) is 10.0. The van der Waals surface area contributed by atoms with Gasteiger partial charge in [-0.2, -0.15) is 10.2 Å². The number of hydrogen-bond acceptors (Lipinski definition) is 8. The quantitative estimate of drug-likeness (QED) is 0.274. The maximum absolute atomic E-state index is 15.2. The lowest BCUT2D eigenvalue weighted by Crippen LogP contribution is -2.55. The van der Waals surface area contributed by atoms with E-state index in [2.05, 4.69) is 16.0 Å². The number of rotatable bonds is 4. The maximum Gasteiger partial charge on any atom is 0.410 e. The number of ether oxygens (including phenoxy) is 1. The van der Waals surface area contributed by atoms with Gasteiger partial charge in [-0.25, -0.2) is 23.5 Å². The average molecular weight is 612 g/mol. The van der Waals surface area contributed by atoms with E-state index >= 15 is 4.39 Å². The number of aryl methyl sites for hydroxylation is 2. The highest BCUT2D eigenvalue weighted by atomic mass is 19.1. The molecule has 0 radical (unpaired) electrons. The monoisotopic (exact) mass is 611 g/mol. The lowest BCUT2D eigenvalue weighted by atomic mass is 10.0. The highest BCUT2D eigenvalue weighted by molar-refractivity contribution is 5.92. The van der Waals surface area contributed by atoms with Crippen molar-refractivity contribution in [3.8, 4) is 23.0 Å². The molecular formula is C34H38FN7O3. The van der Waals surface area contributed by atoms with Crippen LogP contribution in [0.3, 0.4) is 0 Å². The molecule has 0 saturated carbocycles. The molecule has 234 valence electrons. The third-order valence-electron chi connectivity index (χ3n) is 7.82. The van der Waals surface area contributed by atoms with Crippen LogP contribution >= 0.6 is 0 Å². The predicted octanol–water partition coefficient (Wildman–Crippen LogP) is 6.04. The Morgan fingerprint density at radius 1 is 1.13 bits per heavy atom. The summed E-state index contributed by atoms with van der Waals surface area (Å²) in [5.74, 6) is -0.218. The fourth-order valence-electron chi connectivity index (χ4n) is 5.71. The molecule has 4 aromatic rings. The number of piperazine rings is 1. The third-order valence-corrected chi connectivity index (χ3v) is 7.82. The second kappa shape index (κ2) is 11.9. The number of amides is 1. The molecule has 3 aromatic heterocycles. The number of benzene rings is 1. The summed E-state index contributed by atoms with van der Waals surface area (Å²) in [6.45, 7) is 16.1. The van der Waals surface area contributed by atoms with E-state index in [1.165, 1.54) is 10.6 Å². The molecule has 4 heterocycles. The minimum absolute atomic E-state index is 0.0328. The van der Waals surface area contributed by atoms with Gasteiger partial charge in [0, 0.05) is 37.4 Å². The molecule has 10 nitrogen and oxygen atoms in total. The first-order valence-electron chi connectivity index (χ1n) is 15.0. The number of aromatic nitrogens is 4. The maximum atomic E-state index is 15.2. The Balaban J connectivity index is 1.77. The van der Waals surface area contributed by atoms with Crippen molar-refractivity contribution in [2.75, 3.05) is 24.5 Å². The number of halogens is 1. The summed E-state index contributed by atoms with van der Waals surface area (Å²) < 4.78 is 22.3. The average Bonchev–Trinajstić information content (AvgIpc) is 2.97. The summed E-state index contributed by atoms with van der Waals surface area (Å²) >= 11 is 0. The van der Waals surface area contributed by atoms with E-state index in [9.17, 15) is 14.9 Å². The van der Waals surface area contributed by atoms with Gasteiger partial charge in [-0.15, -0.1) is 0 Å². The van der Waals surface area contributed by atoms with Gasteiger partial charge in [0.1, 0.15) is 23.3 Å². The highest BCUT2D eigenvalue weighted by Gasteiger charge is 2.33. The van der Waals surface area contributed by atoms with Crippen LogP contribution in [0.25, 0.3) is 28.0 Å². The Bertz CT molecular complexity index is 1910. The van der Waals surface area contributed by atoms with Gasteiger partial charge in [-0.05, 0) is 77.3 Å². The van der Waals surface area contributed by atoms with Gasteiger partial charge in [0.05, 0.1) is 28.0 Å². The van der Waals surface area contributed by atoms with Crippen LogP contribution in [0.2, 0.25) is 0 Å². The zero-order valence-corrected chi connectivity index (χ0v) is 27.0. The Labute approximate surface area is 262 Å². The Kier molecular flexibility index (Phi) is 8.36. The lowest BCUT2D eigenvalue weighted by molar-refractivity contribution is 0.0218. The summed E-state index contributed by atoms with van der Waals surface area (Å²) in [7, 11) is 0. The van der Waals surface area contributed by atoms with Gasteiger partial charge in [0.2, 0.25) is 0 Å². The van der Waals surface area contributed by atoms with Gasteiger partial charge in [-0.1, -0.05) is 25.5 Å². The summed E-state index contributed by atoms with van der Waals surface area (Å²) in [5, 5.41) is 10.7. The second-order valence-corrected chi connectivity index (χ2v) is 12.9. The van der Waals surface area contributed by atoms with Crippen LogP contribution < -0.4 is 10.6 Å². The first kappa shape index (κ1) is 31.6. The number of nitriles is 1. The van der Waals surface area contributed by atoms with Crippen LogP contribution in [-0.4, -0.2) is 61.8 Å². The van der Waals surface area contributed by atoms with Crippen molar-refractivity contribution >= 4 is 22.9 Å². The minimum Gasteiger partial charge on any atom is -0.444 e. The number of pyridine rings is 2. The van der Waals surface area contributed by atoms with E-state index in [4.69, 9.17) is 9.72 Å². The molecule has 1 fully saturated rings. The number of nitrogens with zero attached hydrogens (tertiary/aromatic N) is 7. The third kappa shape index (κ3) is 6.10. The number of carbonyl (C=O) groups excluding carboxylic acids is 1. The van der Waals surface area contributed by atoms with Gasteiger partial charge >= 0.3 is 11.8 Å². The first-order chi connectivity index (χ1) is 21.2. The van der Waals surface area contributed by atoms with Crippen molar-refractivity contribution in [2.45, 2.75) is 73.0 Å². The summed E-state index contributed by atoms with van der Waals surface area (Å²) in [4.78, 5) is 44.6. The van der Waals surface area contributed by atoms with Crippen LogP contribution in [0.5, 0.6) is 0 Å². The van der Waals surface area contributed by atoms with E-state index in [1.807, 2.05) is 66.4 Å². The number of anilines is 1. The van der Waals surface area contributed by atoms with Crippen molar-refractivity contribution in [2.24, 2.45) is 0 Å². The van der Waals surface area contributed by atoms with Crippen LogP contribution in [-0.2, 0) is 4.74 Å². The van der Waals surface area contributed by atoms with E-state index in [1.54, 1.807) is 29.3 Å². The molecule has 5 rings (SSSR count). The molecule has 1 amide bonds. The fourth-order valence-corrected chi connectivity index (χ4v) is 5.71. The van der Waals surface area contributed by atoms with Crippen molar-refractivity contribution in [3.63, 3.8) is 0 Å². The Hall–Kier alpha value is -4.85. The van der Waals surface area contributed by atoms with E-state index in [0.717, 1.165) is 11.1 Å². The standard InChI is InChI=1S/C34H38FN7O3/c1-19(2)27-29(21(4)11-12-37-27)42-31-25(16-23(17-36)28(38-31)24-15-20(3)9-10-26(24)35)30(39-32(42)43)41-14-13-40(18-22(41)5)33(44)45-34(6,7)8/h9-12,15-16,19,22H,13-14,18H2,1-8H3. The van der Waals surface area contributed by atoms with Gasteiger partial charge in [0.25, 0.3) is 0 Å². The van der Waals surface area contributed by atoms with Gasteiger partial charge in [-0.3, -0.25) is 4.98 Å². The van der Waals surface area contributed by atoms with Crippen LogP contribution in [0.4, 0.5) is 15.0 Å². The molecular weight excluding hydrogens is 573 g/mol. The van der Waals surface area contributed by atoms with Gasteiger partial charge in [0.15, 0.2) is 5.65 Å². The molecule has 1 unspecified atom stereocenters. The van der Waals surface area contributed by atoms with E-state index < -0.39 is 23.2 Å². The molecule has 1 aromatic carbocycles. The molecule has 1 atom stereocenters. The topological polar surface area (TPSA) is 117 Å². The molecule has 0 bridgehead atoms. The first-order valence-corrected chi connectivity index (χ1v) is 15.0. The van der Waals surface area contributed by atoms with Crippen LogP contribution in [0, 0.1) is 31.0 Å². The zero-order chi connectivity index (χ0) is 32.8. The summed E-state index contributed by atoms with van der Waals surface area (Å²) in [6.07, 6.45) is 1.29. The van der Waals surface area contributed by atoms with Crippen LogP contribution in [0.1, 0.15) is 69.8 Å². The number of fused-ring (bicyclic) bond motifs is 1. The minimum atomic E-state index is -0.632. The van der Waals surface area contributed by atoms with E-state index in [-0.39, 0.29) is 34.4 Å². The van der Waals surface area contributed by atoms with Gasteiger partial charge < -0.3 is 14.5 Å². The molecule has 1 aliphatic heterocycles. The van der Waals surface area contributed by atoms with Crippen molar-refractivity contribution in [3.05, 3.63) is 75.2 Å². The molecule has 1 aliphatic rings. The molecule has 0 aliphatic carbocycles. The normalized spacial score (nSPS) is 15.4. The fraction of sp³-hybridized carbons (Fsp3) is 0.412. The predicted molar refractivity (Wildman–Crippen MR) is 171 cm³/mol. The number of hydrogen-bond donors (Lipinski definition) is 0. The number of carbonyl (C=O) groups is 1. The summed E-state index contributed by atoms with van der Waals surface area (Å²) in [5.41, 5.74) is 2.29. The smallest absolute Gasteiger partial charge is 0.410 e. The molecule has 1 saturated heterocycles. The largest absolute Gasteiger partial charge is 0.444 e. The van der Waals surface area contributed by atoms with Crippen LogP contribution in [0.15, 0.2) is 41.3 Å². The SMILES string of the molecule is Cc1ccc(F)c(-c2nc3c(cc2C#N)c(N2CCN(C(=O)OC(C)(C)C)CC2C)nc(=O)n3-c2c(C)ccnc2C(C)C)c1. The molecule has 0 N–H and O–H groups in total. The molecule has 45 heavy (non-hydrogen) atoms. The Morgan fingerprint density at radius 3 is 2.51 bits per heavy atom. The lowest BCUT2D eigenvalue weighted by Gasteiger charge is -2.41. The molecule has 11 heteroatoms. The zero-order valence-electron chi connectivity index (χ0n) is 27.0. The van der Waals surface area contributed by atoms with E-state index in [0.29, 0.717) is 42.2 Å². The van der Waals surface area contributed by atoms with Crippen molar-refractivity contribution in [1.29, 1.82) is 5.26 Å². The van der Waals surface area contributed by atoms with Crippen molar-refractivity contribution in [1.82, 2.24) is 24.4 Å². The highest BCUT2D eigenvalue weighted by Crippen LogP contribution is 2.34. The van der Waals surface area contributed by atoms with Crippen molar-refractivity contribution < 1.29 is 13.9 Å². The second-order valence-electron chi connectivity index (χ2n) is 12.9.